The maximum atomic E-state index is 12.8. The maximum absolute atomic E-state index is 12.8. The third kappa shape index (κ3) is 2.92. The molecule has 2 heterocycles. The SMILES string of the molecule is CC(=O)Oc1ccc2c(c1)Oc1cc(OC(C)=O)ccc1C21OC(=O)C2C=CC=CC21. The van der Waals surface area contributed by atoms with Gasteiger partial charge in [-0.2, -0.15) is 0 Å². The van der Waals surface area contributed by atoms with Crippen molar-refractivity contribution in [2.45, 2.75) is 19.4 Å². The molecule has 1 aliphatic carbocycles. The van der Waals surface area contributed by atoms with Gasteiger partial charge in [0.15, 0.2) is 5.60 Å². The summed E-state index contributed by atoms with van der Waals surface area (Å²) in [4.78, 5) is 35.7. The number of ether oxygens (including phenoxy) is 4. The van der Waals surface area contributed by atoms with Gasteiger partial charge in [0.2, 0.25) is 0 Å². The van der Waals surface area contributed by atoms with Gasteiger partial charge in [0.1, 0.15) is 23.0 Å². The van der Waals surface area contributed by atoms with Gasteiger partial charge in [-0.3, -0.25) is 14.4 Å². The van der Waals surface area contributed by atoms with Crippen LogP contribution in [0.2, 0.25) is 0 Å². The van der Waals surface area contributed by atoms with Crippen LogP contribution in [0.15, 0.2) is 60.7 Å². The number of hydrogen-bond acceptors (Lipinski definition) is 7. The minimum Gasteiger partial charge on any atom is -0.456 e. The first-order valence-corrected chi connectivity index (χ1v) is 9.80. The van der Waals surface area contributed by atoms with E-state index in [1.807, 2.05) is 24.3 Å². The molecule has 5 rings (SSSR count). The first kappa shape index (κ1) is 19.1. The molecule has 0 saturated carbocycles. The molecule has 0 bridgehead atoms. The zero-order chi connectivity index (χ0) is 21.8. The Hall–Kier alpha value is -3.87. The molecule has 2 aromatic carbocycles. The molecule has 1 saturated heterocycles. The standard InChI is InChI=1S/C24H18O7/c1-13(25)28-15-7-9-19-21(11-15)30-22-12-16(29-14(2)26)8-10-20(22)24(19)18-6-4-3-5-17(18)23(27)31-24/h3-12,17-18H,1-2H3. The summed E-state index contributed by atoms with van der Waals surface area (Å²) in [6, 6.07) is 9.96. The average Bonchev–Trinajstić information content (AvgIpc) is 3.00. The molecule has 2 aliphatic heterocycles. The van der Waals surface area contributed by atoms with E-state index in [-0.39, 0.29) is 11.9 Å². The predicted molar refractivity (Wildman–Crippen MR) is 108 cm³/mol. The lowest BCUT2D eigenvalue weighted by atomic mass is 9.70. The monoisotopic (exact) mass is 418 g/mol. The highest BCUT2D eigenvalue weighted by molar-refractivity contribution is 5.82. The van der Waals surface area contributed by atoms with Crippen molar-refractivity contribution in [1.29, 1.82) is 0 Å². The molecule has 7 heteroatoms. The number of hydrogen-bond donors (Lipinski definition) is 0. The van der Waals surface area contributed by atoms with Gasteiger partial charge in [-0.1, -0.05) is 24.3 Å². The van der Waals surface area contributed by atoms with E-state index in [1.54, 1.807) is 36.4 Å². The first-order chi connectivity index (χ1) is 14.9. The van der Waals surface area contributed by atoms with E-state index in [2.05, 4.69) is 0 Å². The summed E-state index contributed by atoms with van der Waals surface area (Å²) in [6.45, 7) is 2.62. The molecule has 2 aromatic rings. The van der Waals surface area contributed by atoms with Crippen molar-refractivity contribution < 1.29 is 33.3 Å². The van der Waals surface area contributed by atoms with Gasteiger partial charge in [0, 0.05) is 43.0 Å². The smallest absolute Gasteiger partial charge is 0.314 e. The molecule has 1 spiro atoms. The average molecular weight is 418 g/mol. The summed E-state index contributed by atoms with van der Waals surface area (Å²) in [5.41, 5.74) is 0.170. The fourth-order valence-electron chi connectivity index (χ4n) is 4.49. The quantitative estimate of drug-likeness (QED) is 0.541. The fraction of sp³-hybridized carbons (Fsp3) is 0.208. The summed E-state index contributed by atoms with van der Waals surface area (Å²) in [5, 5.41) is 0. The van der Waals surface area contributed by atoms with Crippen LogP contribution in [0, 0.1) is 11.8 Å². The van der Waals surface area contributed by atoms with Crippen LogP contribution in [0.25, 0.3) is 0 Å². The van der Waals surface area contributed by atoms with E-state index >= 15 is 0 Å². The molecule has 0 radical (unpaired) electrons. The van der Waals surface area contributed by atoms with Crippen LogP contribution >= 0.6 is 0 Å². The molecular formula is C24H18O7. The van der Waals surface area contributed by atoms with Gasteiger partial charge < -0.3 is 18.9 Å². The van der Waals surface area contributed by atoms with E-state index in [4.69, 9.17) is 18.9 Å². The lowest BCUT2D eigenvalue weighted by molar-refractivity contribution is -0.148. The number of fused-ring (bicyclic) bond motifs is 6. The van der Waals surface area contributed by atoms with Gasteiger partial charge in [-0.05, 0) is 24.3 Å². The van der Waals surface area contributed by atoms with E-state index in [0.717, 1.165) is 0 Å². The van der Waals surface area contributed by atoms with E-state index in [1.165, 1.54) is 13.8 Å². The highest BCUT2D eigenvalue weighted by Gasteiger charge is 2.59. The molecule has 156 valence electrons. The van der Waals surface area contributed by atoms with Crippen molar-refractivity contribution >= 4 is 17.9 Å². The molecule has 0 N–H and O–H groups in total. The van der Waals surface area contributed by atoms with Crippen LogP contribution < -0.4 is 14.2 Å². The van der Waals surface area contributed by atoms with Crippen molar-refractivity contribution in [1.82, 2.24) is 0 Å². The van der Waals surface area contributed by atoms with Gasteiger partial charge in [0.05, 0.1) is 5.92 Å². The molecule has 1 fully saturated rings. The predicted octanol–water partition coefficient (Wildman–Crippen LogP) is 3.80. The van der Waals surface area contributed by atoms with Gasteiger partial charge in [-0.25, -0.2) is 0 Å². The van der Waals surface area contributed by atoms with Crippen molar-refractivity contribution in [2.75, 3.05) is 0 Å². The van der Waals surface area contributed by atoms with Gasteiger partial charge in [-0.15, -0.1) is 0 Å². The zero-order valence-electron chi connectivity index (χ0n) is 16.8. The Bertz CT molecular complexity index is 1120. The normalized spacial score (nSPS) is 21.4. The first-order valence-electron chi connectivity index (χ1n) is 9.80. The largest absolute Gasteiger partial charge is 0.456 e. The highest BCUT2D eigenvalue weighted by atomic mass is 16.6. The molecule has 0 amide bonds. The summed E-state index contributed by atoms with van der Waals surface area (Å²) in [5.74, 6) is -0.605. The third-order valence-electron chi connectivity index (χ3n) is 5.59. The van der Waals surface area contributed by atoms with Crippen molar-refractivity contribution in [3.05, 3.63) is 71.8 Å². The summed E-state index contributed by atoms with van der Waals surface area (Å²) >= 11 is 0. The fourth-order valence-corrected chi connectivity index (χ4v) is 4.49. The topological polar surface area (TPSA) is 88.1 Å². The van der Waals surface area contributed by atoms with Crippen molar-refractivity contribution in [3.8, 4) is 23.0 Å². The Balaban J connectivity index is 1.72. The second-order valence-corrected chi connectivity index (χ2v) is 7.58. The number of rotatable bonds is 2. The molecule has 2 unspecified atom stereocenters. The van der Waals surface area contributed by atoms with E-state index < -0.39 is 23.5 Å². The molecular weight excluding hydrogens is 400 g/mol. The van der Waals surface area contributed by atoms with Crippen molar-refractivity contribution in [3.63, 3.8) is 0 Å². The Morgan fingerprint density at radius 1 is 0.871 bits per heavy atom. The molecule has 3 aliphatic rings. The highest BCUT2D eigenvalue weighted by Crippen LogP contribution is 2.59. The summed E-state index contributed by atoms with van der Waals surface area (Å²) < 4.78 is 22.6. The van der Waals surface area contributed by atoms with Crippen LogP contribution in [0.3, 0.4) is 0 Å². The third-order valence-corrected chi connectivity index (χ3v) is 5.59. The molecule has 2 atom stereocenters. The molecule has 31 heavy (non-hydrogen) atoms. The number of allylic oxidation sites excluding steroid dienone is 2. The van der Waals surface area contributed by atoms with Crippen LogP contribution in [0.5, 0.6) is 23.0 Å². The minimum atomic E-state index is -1.13. The molecule has 7 nitrogen and oxygen atoms in total. The Morgan fingerprint density at radius 3 is 1.97 bits per heavy atom. The number of carbonyl (C=O) groups excluding carboxylic acids is 3. The number of benzene rings is 2. The summed E-state index contributed by atoms with van der Waals surface area (Å²) in [6.07, 6.45) is 7.50. The van der Waals surface area contributed by atoms with E-state index in [0.29, 0.717) is 34.1 Å². The lowest BCUT2D eigenvalue weighted by Gasteiger charge is -2.39. The van der Waals surface area contributed by atoms with Crippen molar-refractivity contribution in [2.24, 2.45) is 11.8 Å². The lowest BCUT2D eigenvalue weighted by Crippen LogP contribution is -2.37. The number of carbonyl (C=O) groups is 3. The second-order valence-electron chi connectivity index (χ2n) is 7.58. The number of esters is 3. The molecule has 0 aromatic heterocycles. The van der Waals surface area contributed by atoms with Crippen LogP contribution in [-0.4, -0.2) is 17.9 Å². The Labute approximate surface area is 177 Å². The van der Waals surface area contributed by atoms with Crippen LogP contribution in [0.1, 0.15) is 25.0 Å². The minimum absolute atomic E-state index is 0.300. The maximum Gasteiger partial charge on any atom is 0.314 e. The van der Waals surface area contributed by atoms with Crippen LogP contribution in [-0.2, 0) is 24.7 Å². The van der Waals surface area contributed by atoms with Gasteiger partial charge in [0.25, 0.3) is 0 Å². The van der Waals surface area contributed by atoms with Crippen LogP contribution in [0.4, 0.5) is 0 Å². The second kappa shape index (κ2) is 6.84. The van der Waals surface area contributed by atoms with E-state index in [9.17, 15) is 14.4 Å². The Kier molecular flexibility index (Phi) is 4.22. The van der Waals surface area contributed by atoms with Gasteiger partial charge >= 0.3 is 17.9 Å². The summed E-state index contributed by atoms with van der Waals surface area (Å²) in [7, 11) is 0. The zero-order valence-corrected chi connectivity index (χ0v) is 16.8. The Morgan fingerprint density at radius 2 is 1.42 bits per heavy atom.